The van der Waals surface area contributed by atoms with Crippen molar-refractivity contribution in [3.8, 4) is 12.3 Å². The van der Waals surface area contributed by atoms with Gasteiger partial charge >= 0.3 is 0 Å². The molecule has 0 fully saturated rings. The number of aliphatic imine (C=N–C) groups is 1. The highest BCUT2D eigenvalue weighted by Gasteiger charge is 2.15. The van der Waals surface area contributed by atoms with E-state index >= 15 is 0 Å². The van der Waals surface area contributed by atoms with Crippen LogP contribution in [0.25, 0.3) is 0 Å². The average Bonchev–Trinajstić information content (AvgIpc) is 2.46. The van der Waals surface area contributed by atoms with Crippen LogP contribution in [-0.2, 0) is 4.79 Å². The normalized spacial score (nSPS) is 17.1. The molecule has 1 aromatic carbocycles. The Balaban J connectivity index is 2.27. The molecule has 6 nitrogen and oxygen atoms in total. The predicted octanol–water partition coefficient (Wildman–Crippen LogP) is 0.278. The summed E-state index contributed by atoms with van der Waals surface area (Å²) < 4.78 is 0. The zero-order valence-corrected chi connectivity index (χ0v) is 11.0. The van der Waals surface area contributed by atoms with Gasteiger partial charge in [-0.25, -0.2) is 4.99 Å². The Hall–Kier alpha value is -2.94. The lowest BCUT2D eigenvalue weighted by Gasteiger charge is -2.20. The zero-order chi connectivity index (χ0) is 14.5. The molecule has 0 bridgehead atoms. The topological polar surface area (TPSA) is 91.5 Å². The van der Waals surface area contributed by atoms with Crippen molar-refractivity contribution in [3.63, 3.8) is 0 Å². The SMILES string of the molecule is C#CC(=O)Nc1cccc(C2C=C(NC)NC(N)=N2)c1. The number of nitrogens with one attached hydrogen (secondary N) is 3. The van der Waals surface area contributed by atoms with Crippen molar-refractivity contribution in [2.75, 3.05) is 12.4 Å². The number of hydrogen-bond donors (Lipinski definition) is 4. The van der Waals surface area contributed by atoms with E-state index in [1.165, 1.54) is 0 Å². The number of carbonyl (C=O) groups excluding carboxylic acids is 1. The van der Waals surface area contributed by atoms with Gasteiger partial charge in [0, 0.05) is 12.7 Å². The molecule has 1 atom stereocenters. The highest BCUT2D eigenvalue weighted by atomic mass is 16.1. The van der Waals surface area contributed by atoms with Crippen LogP contribution in [0.4, 0.5) is 5.69 Å². The van der Waals surface area contributed by atoms with Crippen LogP contribution in [0.5, 0.6) is 0 Å². The van der Waals surface area contributed by atoms with Crippen molar-refractivity contribution >= 4 is 17.6 Å². The number of hydrogen-bond acceptors (Lipinski definition) is 5. The molecular formula is C14H15N5O. The molecule has 0 aromatic heterocycles. The Morgan fingerprint density at radius 3 is 3.05 bits per heavy atom. The Morgan fingerprint density at radius 1 is 1.55 bits per heavy atom. The second kappa shape index (κ2) is 5.80. The van der Waals surface area contributed by atoms with Crippen LogP contribution >= 0.6 is 0 Å². The van der Waals surface area contributed by atoms with Crippen LogP contribution in [0.2, 0.25) is 0 Å². The second-order valence-corrected chi connectivity index (χ2v) is 4.14. The first-order valence-electron chi connectivity index (χ1n) is 6.00. The highest BCUT2D eigenvalue weighted by Crippen LogP contribution is 2.24. The summed E-state index contributed by atoms with van der Waals surface area (Å²) in [6.07, 6.45) is 6.93. The molecule has 0 saturated carbocycles. The van der Waals surface area contributed by atoms with Crippen LogP contribution < -0.4 is 21.7 Å². The largest absolute Gasteiger partial charge is 0.375 e. The van der Waals surface area contributed by atoms with Gasteiger partial charge in [0.1, 0.15) is 11.9 Å². The van der Waals surface area contributed by atoms with Gasteiger partial charge < -0.3 is 21.7 Å². The van der Waals surface area contributed by atoms with E-state index in [-0.39, 0.29) is 6.04 Å². The summed E-state index contributed by atoms with van der Waals surface area (Å²) in [6.45, 7) is 0. The molecular weight excluding hydrogens is 254 g/mol. The maximum absolute atomic E-state index is 11.2. The molecule has 1 amide bonds. The molecule has 0 spiro atoms. The number of nitrogens with two attached hydrogens (primary N) is 1. The van der Waals surface area contributed by atoms with E-state index in [4.69, 9.17) is 12.2 Å². The van der Waals surface area contributed by atoms with Crippen LogP contribution in [0, 0.1) is 12.3 Å². The van der Waals surface area contributed by atoms with Crippen molar-refractivity contribution in [2.24, 2.45) is 10.7 Å². The van der Waals surface area contributed by atoms with E-state index < -0.39 is 5.91 Å². The second-order valence-electron chi connectivity index (χ2n) is 4.14. The predicted molar refractivity (Wildman–Crippen MR) is 78.5 cm³/mol. The molecule has 0 aliphatic carbocycles. The third kappa shape index (κ3) is 3.09. The Labute approximate surface area is 117 Å². The van der Waals surface area contributed by atoms with Crippen molar-refractivity contribution in [1.82, 2.24) is 10.6 Å². The maximum atomic E-state index is 11.2. The first kappa shape index (κ1) is 13.5. The molecule has 1 aromatic rings. The molecule has 1 unspecified atom stereocenters. The first-order chi connectivity index (χ1) is 9.62. The molecule has 0 radical (unpaired) electrons. The number of rotatable bonds is 3. The van der Waals surface area contributed by atoms with Gasteiger partial charge in [0.2, 0.25) is 0 Å². The summed E-state index contributed by atoms with van der Waals surface area (Å²) in [5, 5.41) is 8.49. The van der Waals surface area contributed by atoms with Gasteiger partial charge in [0.15, 0.2) is 5.96 Å². The molecule has 102 valence electrons. The van der Waals surface area contributed by atoms with E-state index in [9.17, 15) is 4.79 Å². The summed E-state index contributed by atoms with van der Waals surface area (Å²) in [4.78, 5) is 15.5. The number of anilines is 1. The van der Waals surface area contributed by atoms with Gasteiger partial charge in [-0.3, -0.25) is 4.79 Å². The quantitative estimate of drug-likeness (QED) is 0.593. The fourth-order valence-corrected chi connectivity index (χ4v) is 1.84. The molecule has 1 heterocycles. The van der Waals surface area contributed by atoms with Crippen molar-refractivity contribution in [1.29, 1.82) is 0 Å². The van der Waals surface area contributed by atoms with Gasteiger partial charge in [0.25, 0.3) is 5.91 Å². The fourth-order valence-electron chi connectivity index (χ4n) is 1.84. The lowest BCUT2D eigenvalue weighted by Crippen LogP contribution is -2.38. The van der Waals surface area contributed by atoms with Gasteiger partial charge in [0.05, 0.1) is 0 Å². The molecule has 6 heteroatoms. The van der Waals surface area contributed by atoms with Gasteiger partial charge in [-0.15, -0.1) is 6.42 Å². The summed E-state index contributed by atoms with van der Waals surface area (Å²) in [7, 11) is 1.79. The minimum atomic E-state index is -0.484. The van der Waals surface area contributed by atoms with E-state index in [2.05, 4.69) is 20.9 Å². The number of benzene rings is 1. The number of nitrogens with zero attached hydrogens (tertiary/aromatic N) is 1. The van der Waals surface area contributed by atoms with E-state index in [0.29, 0.717) is 11.6 Å². The van der Waals surface area contributed by atoms with Crippen LogP contribution in [0.15, 0.2) is 41.2 Å². The first-order valence-corrected chi connectivity index (χ1v) is 6.00. The van der Waals surface area contributed by atoms with Gasteiger partial charge in [-0.1, -0.05) is 12.1 Å². The van der Waals surface area contributed by atoms with Gasteiger partial charge in [-0.05, 0) is 29.7 Å². The van der Waals surface area contributed by atoms with E-state index in [1.807, 2.05) is 30.2 Å². The Bertz CT molecular complexity index is 627. The summed E-state index contributed by atoms with van der Waals surface area (Å²) in [5.74, 6) is 2.63. The van der Waals surface area contributed by atoms with Crippen molar-refractivity contribution < 1.29 is 4.79 Å². The van der Waals surface area contributed by atoms with Gasteiger partial charge in [-0.2, -0.15) is 0 Å². The summed E-state index contributed by atoms with van der Waals surface area (Å²) in [5.41, 5.74) is 7.25. The molecule has 5 N–H and O–H groups in total. The number of guanidine groups is 1. The fraction of sp³-hybridized carbons (Fsp3) is 0.143. The molecule has 2 rings (SSSR count). The van der Waals surface area contributed by atoms with Crippen molar-refractivity contribution in [2.45, 2.75) is 6.04 Å². The monoisotopic (exact) mass is 269 g/mol. The van der Waals surface area contributed by atoms with Crippen LogP contribution in [-0.4, -0.2) is 18.9 Å². The summed E-state index contributed by atoms with van der Waals surface area (Å²) in [6, 6.07) is 7.08. The van der Waals surface area contributed by atoms with E-state index in [0.717, 1.165) is 11.4 Å². The summed E-state index contributed by atoms with van der Waals surface area (Å²) >= 11 is 0. The number of carbonyl (C=O) groups is 1. The third-order valence-electron chi connectivity index (χ3n) is 2.75. The standard InChI is InChI=1S/C14H15N5O/c1-3-13(20)17-10-6-4-5-9(7-10)11-8-12(16-2)19-14(15)18-11/h1,4-8,11,16H,2H3,(H,17,20)(H3,15,18,19). The number of amides is 1. The van der Waals surface area contributed by atoms with Crippen LogP contribution in [0.3, 0.4) is 0 Å². The maximum Gasteiger partial charge on any atom is 0.300 e. The van der Waals surface area contributed by atoms with Crippen molar-refractivity contribution in [3.05, 3.63) is 41.7 Å². The highest BCUT2D eigenvalue weighted by molar-refractivity contribution is 6.03. The molecule has 1 aliphatic heterocycles. The number of terminal acetylenes is 1. The lowest BCUT2D eigenvalue weighted by atomic mass is 10.1. The minimum absolute atomic E-state index is 0.221. The minimum Gasteiger partial charge on any atom is -0.375 e. The Morgan fingerprint density at radius 2 is 2.35 bits per heavy atom. The smallest absolute Gasteiger partial charge is 0.300 e. The molecule has 1 aliphatic rings. The third-order valence-corrected chi connectivity index (χ3v) is 2.75. The molecule has 0 saturated heterocycles. The van der Waals surface area contributed by atoms with E-state index in [1.54, 1.807) is 13.1 Å². The Kier molecular flexibility index (Phi) is 3.91. The average molecular weight is 269 g/mol. The molecule has 20 heavy (non-hydrogen) atoms. The lowest BCUT2D eigenvalue weighted by molar-refractivity contribution is -0.111. The zero-order valence-electron chi connectivity index (χ0n) is 11.0. The van der Waals surface area contributed by atoms with Crippen LogP contribution in [0.1, 0.15) is 11.6 Å².